The van der Waals surface area contributed by atoms with Crippen LogP contribution in [0.4, 0.5) is 4.79 Å². The number of aliphatic hydroxyl groups excluding tert-OH is 1. The number of carbonyl (C=O) groups excluding carboxylic acids is 1. The summed E-state index contributed by atoms with van der Waals surface area (Å²) in [5.74, 6) is 0.500. The van der Waals surface area contributed by atoms with Crippen LogP contribution < -0.4 is 11.2 Å². The van der Waals surface area contributed by atoms with E-state index in [2.05, 4.69) is 4.98 Å². The van der Waals surface area contributed by atoms with Gasteiger partial charge in [-0.15, -0.1) is 0 Å². The molecule has 0 fully saturated rings. The van der Waals surface area contributed by atoms with E-state index in [9.17, 15) is 19.5 Å². The van der Waals surface area contributed by atoms with E-state index in [0.29, 0.717) is 17.0 Å². The summed E-state index contributed by atoms with van der Waals surface area (Å²) in [6.07, 6.45) is -0.332. The van der Waals surface area contributed by atoms with Crippen LogP contribution in [0, 0.1) is 0 Å². The van der Waals surface area contributed by atoms with Crippen molar-refractivity contribution in [1.82, 2.24) is 23.3 Å². The molecule has 4 rings (SSSR count). The van der Waals surface area contributed by atoms with Gasteiger partial charge in [-0.2, -0.15) is 0 Å². The Hall–Kier alpha value is -3.66. The Morgan fingerprint density at radius 2 is 1.82 bits per heavy atom. The van der Waals surface area contributed by atoms with Crippen LogP contribution >= 0.6 is 0 Å². The minimum Gasteiger partial charge on any atom is -0.443 e. The monoisotopic (exact) mass is 453 g/mol. The number of fused-ring (bicyclic) bond motifs is 2. The molecule has 0 radical (unpaired) electrons. The van der Waals surface area contributed by atoms with Crippen LogP contribution in [0.3, 0.4) is 0 Å². The van der Waals surface area contributed by atoms with Gasteiger partial charge < -0.3 is 14.4 Å². The van der Waals surface area contributed by atoms with Crippen LogP contribution in [0.1, 0.15) is 32.3 Å². The van der Waals surface area contributed by atoms with E-state index in [1.807, 2.05) is 18.2 Å². The fraction of sp³-hybridized carbons (Fsp3) is 0.391. The van der Waals surface area contributed by atoms with E-state index >= 15 is 0 Å². The lowest BCUT2D eigenvalue weighted by molar-refractivity contribution is 0.0540. The fourth-order valence-corrected chi connectivity index (χ4v) is 3.97. The van der Waals surface area contributed by atoms with Gasteiger partial charge in [0.25, 0.3) is 5.56 Å². The van der Waals surface area contributed by atoms with Crippen LogP contribution in [0.25, 0.3) is 22.1 Å². The summed E-state index contributed by atoms with van der Waals surface area (Å²) in [7, 11) is 3.22. The van der Waals surface area contributed by atoms with Crippen molar-refractivity contribution in [3.63, 3.8) is 0 Å². The maximum atomic E-state index is 13.4. The van der Waals surface area contributed by atoms with Crippen LogP contribution in [-0.2, 0) is 31.8 Å². The summed E-state index contributed by atoms with van der Waals surface area (Å²) in [5, 5.41) is 10.1. The van der Waals surface area contributed by atoms with E-state index in [-0.39, 0.29) is 30.7 Å². The lowest BCUT2D eigenvalue weighted by atomic mass is 10.2. The minimum atomic E-state index is -0.719. The Bertz CT molecular complexity index is 1500. The summed E-state index contributed by atoms with van der Waals surface area (Å²) >= 11 is 0. The number of nitrogens with zero attached hydrogens (tertiary/aromatic N) is 5. The largest absolute Gasteiger partial charge is 0.443 e. The quantitative estimate of drug-likeness (QED) is 0.504. The van der Waals surface area contributed by atoms with Crippen LogP contribution in [0.5, 0.6) is 0 Å². The number of ether oxygens (including phenoxy) is 1. The Kier molecular flexibility index (Phi) is 5.49. The number of aliphatic hydroxyl groups is 1. The minimum absolute atomic E-state index is 0.129. The molecular weight excluding hydrogens is 426 g/mol. The highest BCUT2D eigenvalue weighted by Gasteiger charge is 2.24. The maximum Gasteiger partial charge on any atom is 0.419 e. The zero-order valence-electron chi connectivity index (χ0n) is 19.3. The normalized spacial score (nSPS) is 12.1. The third kappa shape index (κ3) is 3.86. The van der Waals surface area contributed by atoms with E-state index in [0.717, 1.165) is 9.95 Å². The Morgan fingerprint density at radius 1 is 1.12 bits per heavy atom. The van der Waals surface area contributed by atoms with Crippen LogP contribution in [0.2, 0.25) is 0 Å². The molecule has 1 aromatic carbocycles. The second-order valence-corrected chi connectivity index (χ2v) is 8.98. The van der Waals surface area contributed by atoms with Gasteiger partial charge in [-0.1, -0.05) is 18.2 Å². The predicted molar refractivity (Wildman–Crippen MR) is 124 cm³/mol. The fourth-order valence-electron chi connectivity index (χ4n) is 3.97. The van der Waals surface area contributed by atoms with Crippen LogP contribution in [-0.4, -0.2) is 46.7 Å². The van der Waals surface area contributed by atoms with Crippen molar-refractivity contribution in [1.29, 1.82) is 0 Å². The van der Waals surface area contributed by atoms with Gasteiger partial charge in [0.05, 0.1) is 24.4 Å². The molecule has 1 N–H and O–H groups in total. The topological polar surface area (TPSA) is 113 Å². The molecule has 174 valence electrons. The first-order valence-electron chi connectivity index (χ1n) is 10.6. The molecule has 10 heteroatoms. The first-order chi connectivity index (χ1) is 15.5. The summed E-state index contributed by atoms with van der Waals surface area (Å²) < 4.78 is 11.0. The Labute approximate surface area is 189 Å². The third-order valence-electron chi connectivity index (χ3n) is 5.47. The molecule has 33 heavy (non-hydrogen) atoms. The highest BCUT2D eigenvalue weighted by Crippen LogP contribution is 2.22. The van der Waals surface area contributed by atoms with Gasteiger partial charge in [0.2, 0.25) is 0 Å². The maximum absolute atomic E-state index is 13.4. The summed E-state index contributed by atoms with van der Waals surface area (Å²) in [6.45, 7) is 5.07. The zero-order valence-corrected chi connectivity index (χ0v) is 19.3. The summed E-state index contributed by atoms with van der Waals surface area (Å²) in [5.41, 5.74) is -0.223. The van der Waals surface area contributed by atoms with Gasteiger partial charge >= 0.3 is 11.8 Å². The van der Waals surface area contributed by atoms with Gasteiger partial charge in [-0.3, -0.25) is 13.9 Å². The molecule has 0 saturated heterocycles. The van der Waals surface area contributed by atoms with Gasteiger partial charge in [0, 0.05) is 25.9 Å². The molecule has 0 amide bonds. The average molecular weight is 453 g/mol. The standard InChI is InChI=1S/C23H27N5O5/c1-23(2,3)33-22(32)28-15(12-14-8-6-7-9-16(14)28)13-27-20(30)18-19(26(5)21(27)31)24-17(10-11-29)25(18)4/h6-9,12,29H,10-11,13H2,1-5H3. The van der Waals surface area contributed by atoms with Gasteiger partial charge in [0.1, 0.15) is 11.4 Å². The van der Waals surface area contributed by atoms with E-state index in [4.69, 9.17) is 4.74 Å². The molecule has 0 saturated carbocycles. The number of hydrogen-bond acceptors (Lipinski definition) is 6. The molecule has 0 spiro atoms. The predicted octanol–water partition coefficient (Wildman–Crippen LogP) is 1.75. The second kappa shape index (κ2) is 8.04. The Morgan fingerprint density at radius 3 is 2.48 bits per heavy atom. The molecular formula is C23H27N5O5. The smallest absolute Gasteiger partial charge is 0.419 e. The SMILES string of the molecule is Cn1c(CCO)nc2c1c(=O)n(Cc1cc3ccccc3n1C(=O)OC(C)(C)C)c(=O)n2C. The van der Waals surface area contributed by atoms with Gasteiger partial charge in [0.15, 0.2) is 11.2 Å². The molecule has 10 nitrogen and oxygen atoms in total. The number of benzene rings is 1. The molecule has 3 aromatic heterocycles. The van der Waals surface area contributed by atoms with Crippen LogP contribution in [0.15, 0.2) is 39.9 Å². The molecule has 0 aliphatic heterocycles. The lowest BCUT2D eigenvalue weighted by Crippen LogP contribution is -2.40. The highest BCUT2D eigenvalue weighted by molar-refractivity contribution is 5.91. The first-order valence-corrected chi connectivity index (χ1v) is 10.6. The van der Waals surface area contributed by atoms with Gasteiger partial charge in [-0.05, 0) is 32.9 Å². The zero-order chi connectivity index (χ0) is 24.1. The third-order valence-corrected chi connectivity index (χ3v) is 5.47. The van der Waals surface area contributed by atoms with Crippen molar-refractivity contribution in [3.05, 3.63) is 62.7 Å². The van der Waals surface area contributed by atoms with Gasteiger partial charge in [-0.25, -0.2) is 19.1 Å². The number of para-hydroxylation sites is 1. The second-order valence-electron chi connectivity index (χ2n) is 8.98. The van der Waals surface area contributed by atoms with E-state index in [1.165, 1.54) is 9.13 Å². The molecule has 0 unspecified atom stereocenters. The molecule has 0 aliphatic rings. The first kappa shape index (κ1) is 22.5. The number of hydrogen-bond donors (Lipinski definition) is 1. The number of imidazole rings is 1. The van der Waals surface area contributed by atoms with Crippen molar-refractivity contribution in [2.45, 2.75) is 39.3 Å². The van der Waals surface area contributed by atoms with E-state index < -0.39 is 22.9 Å². The molecule has 3 heterocycles. The van der Waals surface area contributed by atoms with Crippen molar-refractivity contribution in [2.75, 3.05) is 6.61 Å². The molecule has 4 aromatic rings. The van der Waals surface area contributed by atoms with Crippen molar-refractivity contribution < 1.29 is 14.6 Å². The summed E-state index contributed by atoms with van der Waals surface area (Å²) in [6, 6.07) is 9.07. The molecule has 0 aliphatic carbocycles. The van der Waals surface area contributed by atoms with Crippen molar-refractivity contribution in [3.8, 4) is 0 Å². The molecule has 0 bridgehead atoms. The number of aryl methyl sites for hydroxylation is 2. The Balaban J connectivity index is 1.92. The average Bonchev–Trinajstić information content (AvgIpc) is 3.26. The summed E-state index contributed by atoms with van der Waals surface area (Å²) in [4.78, 5) is 43.9. The highest BCUT2D eigenvalue weighted by atomic mass is 16.6. The van der Waals surface area contributed by atoms with Crippen molar-refractivity contribution >= 4 is 28.2 Å². The lowest BCUT2D eigenvalue weighted by Gasteiger charge is -2.21. The number of carbonyl (C=O) groups is 1. The van der Waals surface area contributed by atoms with Crippen molar-refractivity contribution in [2.24, 2.45) is 14.1 Å². The molecule has 0 atom stereocenters. The number of aromatic nitrogens is 5. The van der Waals surface area contributed by atoms with E-state index in [1.54, 1.807) is 51.6 Å². The number of rotatable bonds is 4.